The molecule has 0 radical (unpaired) electrons. The quantitative estimate of drug-likeness (QED) is 0.858. The van der Waals surface area contributed by atoms with Crippen LogP contribution < -0.4 is 14.2 Å². The number of carbonyl (C=O) groups is 1. The van der Waals surface area contributed by atoms with Crippen molar-refractivity contribution in [3.63, 3.8) is 0 Å². The highest BCUT2D eigenvalue weighted by molar-refractivity contribution is 5.94. The van der Waals surface area contributed by atoms with E-state index in [1.165, 1.54) is 0 Å². The van der Waals surface area contributed by atoms with Gasteiger partial charge in [-0.2, -0.15) is 0 Å². The van der Waals surface area contributed by atoms with E-state index in [0.29, 0.717) is 25.4 Å². The van der Waals surface area contributed by atoms with Gasteiger partial charge in [0.15, 0.2) is 11.5 Å². The molecule has 1 fully saturated rings. The Labute approximate surface area is 147 Å². The van der Waals surface area contributed by atoms with Crippen molar-refractivity contribution in [1.29, 1.82) is 0 Å². The van der Waals surface area contributed by atoms with E-state index < -0.39 is 0 Å². The summed E-state index contributed by atoms with van der Waals surface area (Å²) in [5.74, 6) is 2.39. The Morgan fingerprint density at radius 1 is 0.960 bits per heavy atom. The number of carbonyl (C=O) groups excluding carboxylic acids is 1. The Balaban J connectivity index is 1.37. The van der Waals surface area contributed by atoms with E-state index in [1.54, 1.807) is 0 Å². The maximum absolute atomic E-state index is 12.3. The van der Waals surface area contributed by atoms with Crippen molar-refractivity contribution in [3.05, 3.63) is 53.6 Å². The second-order valence-electron chi connectivity index (χ2n) is 6.29. The number of hydrogen-bond acceptors (Lipinski definition) is 4. The molecule has 5 nitrogen and oxygen atoms in total. The summed E-state index contributed by atoms with van der Waals surface area (Å²) in [6.45, 7) is 3.33. The van der Waals surface area contributed by atoms with Crippen LogP contribution in [0, 0.1) is 0 Å². The molecule has 2 aromatic rings. The molecule has 0 aliphatic carbocycles. The van der Waals surface area contributed by atoms with E-state index in [2.05, 4.69) is 0 Å². The summed E-state index contributed by atoms with van der Waals surface area (Å²) in [6.07, 6.45) is 2.20. The van der Waals surface area contributed by atoms with Crippen LogP contribution in [-0.4, -0.2) is 37.1 Å². The minimum atomic E-state index is 0.107. The lowest BCUT2D eigenvalue weighted by Gasteiger charge is -2.19. The Morgan fingerprint density at radius 2 is 1.68 bits per heavy atom. The fraction of sp³-hybridized carbons (Fsp3) is 0.350. The first-order chi connectivity index (χ1) is 12.3. The van der Waals surface area contributed by atoms with Gasteiger partial charge in [-0.3, -0.25) is 4.79 Å². The van der Waals surface area contributed by atoms with Gasteiger partial charge < -0.3 is 19.1 Å². The summed E-state index contributed by atoms with van der Waals surface area (Å²) in [4.78, 5) is 14.2. The molecule has 2 aliphatic rings. The Bertz CT molecular complexity index is 751. The van der Waals surface area contributed by atoms with Crippen molar-refractivity contribution < 1.29 is 19.0 Å². The van der Waals surface area contributed by atoms with Crippen LogP contribution in [0.1, 0.15) is 28.8 Å². The van der Waals surface area contributed by atoms with Gasteiger partial charge >= 0.3 is 0 Å². The van der Waals surface area contributed by atoms with Crippen molar-refractivity contribution in [3.8, 4) is 17.2 Å². The van der Waals surface area contributed by atoms with Gasteiger partial charge in [0, 0.05) is 18.7 Å². The monoisotopic (exact) mass is 339 g/mol. The minimum Gasteiger partial charge on any atom is -0.489 e. The van der Waals surface area contributed by atoms with E-state index >= 15 is 0 Å². The summed E-state index contributed by atoms with van der Waals surface area (Å²) >= 11 is 0. The third kappa shape index (κ3) is 3.55. The zero-order chi connectivity index (χ0) is 17.1. The molecular weight excluding hydrogens is 318 g/mol. The van der Waals surface area contributed by atoms with Crippen LogP contribution in [-0.2, 0) is 6.61 Å². The van der Waals surface area contributed by atoms with E-state index in [-0.39, 0.29) is 5.91 Å². The summed E-state index contributed by atoms with van der Waals surface area (Å²) in [6, 6.07) is 13.2. The van der Waals surface area contributed by atoms with Gasteiger partial charge in [-0.15, -0.1) is 0 Å². The lowest BCUT2D eigenvalue weighted by Crippen LogP contribution is -2.27. The van der Waals surface area contributed by atoms with Crippen LogP contribution in [0.5, 0.6) is 17.2 Å². The molecule has 0 saturated carbocycles. The average molecular weight is 339 g/mol. The molecule has 2 aliphatic heterocycles. The standard InChI is InChI=1S/C20H21NO4/c22-20(21-9-1-2-10-21)16-4-6-17(7-5-16)25-14-15-3-8-18-19(13-15)24-12-11-23-18/h3-8,13H,1-2,9-12,14H2. The number of nitrogens with zero attached hydrogens (tertiary/aromatic N) is 1. The van der Waals surface area contributed by atoms with E-state index in [1.807, 2.05) is 47.4 Å². The van der Waals surface area contributed by atoms with E-state index in [4.69, 9.17) is 14.2 Å². The van der Waals surface area contributed by atoms with Gasteiger partial charge in [-0.25, -0.2) is 0 Å². The number of likely N-dealkylation sites (tertiary alicyclic amines) is 1. The summed E-state index contributed by atoms with van der Waals surface area (Å²) in [5.41, 5.74) is 1.73. The largest absolute Gasteiger partial charge is 0.489 e. The second kappa shape index (κ2) is 7.05. The van der Waals surface area contributed by atoms with Crippen LogP contribution in [0.2, 0.25) is 0 Å². The number of hydrogen-bond donors (Lipinski definition) is 0. The lowest BCUT2D eigenvalue weighted by atomic mass is 10.2. The predicted octanol–water partition coefficient (Wildman–Crippen LogP) is 3.27. The first kappa shape index (κ1) is 15.8. The van der Waals surface area contributed by atoms with Crippen molar-refractivity contribution in [1.82, 2.24) is 4.90 Å². The van der Waals surface area contributed by atoms with Crippen molar-refractivity contribution in [2.75, 3.05) is 26.3 Å². The fourth-order valence-corrected chi connectivity index (χ4v) is 3.14. The number of ether oxygens (including phenoxy) is 3. The van der Waals surface area contributed by atoms with Crippen LogP contribution in [0.25, 0.3) is 0 Å². The lowest BCUT2D eigenvalue weighted by molar-refractivity contribution is 0.0793. The molecular formula is C20H21NO4. The predicted molar refractivity (Wildman–Crippen MR) is 93.3 cm³/mol. The Kier molecular flexibility index (Phi) is 4.46. The van der Waals surface area contributed by atoms with Crippen LogP contribution >= 0.6 is 0 Å². The van der Waals surface area contributed by atoms with Gasteiger partial charge in [-0.1, -0.05) is 6.07 Å². The molecule has 25 heavy (non-hydrogen) atoms. The SMILES string of the molecule is O=C(c1ccc(OCc2ccc3c(c2)OCCO3)cc1)N1CCCC1. The highest BCUT2D eigenvalue weighted by Crippen LogP contribution is 2.31. The second-order valence-corrected chi connectivity index (χ2v) is 6.29. The topological polar surface area (TPSA) is 48.0 Å². The maximum atomic E-state index is 12.3. The maximum Gasteiger partial charge on any atom is 0.253 e. The van der Waals surface area contributed by atoms with Crippen LogP contribution in [0.15, 0.2) is 42.5 Å². The third-order valence-electron chi connectivity index (χ3n) is 4.51. The molecule has 1 amide bonds. The number of benzene rings is 2. The van der Waals surface area contributed by atoms with Gasteiger partial charge in [0.1, 0.15) is 25.6 Å². The Hall–Kier alpha value is -2.69. The van der Waals surface area contributed by atoms with Crippen molar-refractivity contribution in [2.45, 2.75) is 19.4 Å². The van der Waals surface area contributed by atoms with Crippen LogP contribution in [0.4, 0.5) is 0 Å². The Morgan fingerprint density at radius 3 is 2.44 bits per heavy atom. The summed E-state index contributed by atoms with van der Waals surface area (Å²) in [7, 11) is 0. The van der Waals surface area contributed by atoms with Gasteiger partial charge in [0.25, 0.3) is 5.91 Å². The molecule has 0 N–H and O–H groups in total. The minimum absolute atomic E-state index is 0.107. The van der Waals surface area contributed by atoms with E-state index in [9.17, 15) is 4.79 Å². The van der Waals surface area contributed by atoms with Gasteiger partial charge in [-0.05, 0) is 54.8 Å². The van der Waals surface area contributed by atoms with Crippen LogP contribution in [0.3, 0.4) is 0 Å². The molecule has 5 heteroatoms. The molecule has 2 heterocycles. The van der Waals surface area contributed by atoms with Gasteiger partial charge in [0.2, 0.25) is 0 Å². The summed E-state index contributed by atoms with van der Waals surface area (Å²) < 4.78 is 16.9. The number of amides is 1. The normalized spacial score (nSPS) is 15.9. The molecule has 0 aromatic heterocycles. The zero-order valence-electron chi connectivity index (χ0n) is 14.1. The molecule has 0 unspecified atom stereocenters. The smallest absolute Gasteiger partial charge is 0.253 e. The molecule has 2 aromatic carbocycles. The molecule has 0 spiro atoms. The van der Waals surface area contributed by atoms with E-state index in [0.717, 1.165) is 48.7 Å². The molecule has 0 atom stereocenters. The number of fused-ring (bicyclic) bond motifs is 1. The molecule has 1 saturated heterocycles. The fourth-order valence-electron chi connectivity index (χ4n) is 3.14. The highest BCUT2D eigenvalue weighted by atomic mass is 16.6. The van der Waals surface area contributed by atoms with Gasteiger partial charge in [0.05, 0.1) is 0 Å². The molecule has 4 rings (SSSR count). The molecule has 0 bridgehead atoms. The third-order valence-corrected chi connectivity index (χ3v) is 4.51. The number of rotatable bonds is 4. The summed E-state index contributed by atoms with van der Waals surface area (Å²) in [5, 5.41) is 0. The molecule has 130 valence electrons. The first-order valence-electron chi connectivity index (χ1n) is 8.70. The average Bonchev–Trinajstić information content (AvgIpc) is 3.21. The first-order valence-corrected chi connectivity index (χ1v) is 8.70. The van der Waals surface area contributed by atoms with Crippen molar-refractivity contribution >= 4 is 5.91 Å². The van der Waals surface area contributed by atoms with Crippen molar-refractivity contribution in [2.24, 2.45) is 0 Å². The zero-order valence-corrected chi connectivity index (χ0v) is 14.1. The highest BCUT2D eigenvalue weighted by Gasteiger charge is 2.19.